The Morgan fingerprint density at radius 2 is 1.88 bits per heavy atom. The van der Waals surface area contributed by atoms with Gasteiger partial charge in [-0.15, -0.1) is 0 Å². The van der Waals surface area contributed by atoms with Crippen molar-refractivity contribution < 1.29 is 14.3 Å². The van der Waals surface area contributed by atoms with Crippen LogP contribution in [0, 0.1) is 10.5 Å². The standard InChI is InChI=1S/C19H25IN2O3/c1-13-14(6-5-7-15(13)20)16(23)22-11-10-21(12-19(22)8-9-19)17(24)25-18(2,3)4/h5-7H,8-12H2,1-4H3. The summed E-state index contributed by atoms with van der Waals surface area (Å²) in [5.74, 6) is 0.0809. The van der Waals surface area contributed by atoms with Crippen LogP contribution in [0.3, 0.4) is 0 Å². The van der Waals surface area contributed by atoms with E-state index in [0.717, 1.165) is 27.5 Å². The minimum Gasteiger partial charge on any atom is -0.444 e. The quantitative estimate of drug-likeness (QED) is 0.604. The zero-order valence-electron chi connectivity index (χ0n) is 15.3. The number of amides is 2. The molecule has 6 heteroatoms. The highest BCUT2D eigenvalue weighted by molar-refractivity contribution is 14.1. The topological polar surface area (TPSA) is 49.9 Å². The van der Waals surface area contributed by atoms with E-state index in [-0.39, 0.29) is 17.5 Å². The first-order valence-electron chi connectivity index (χ1n) is 8.68. The number of carbonyl (C=O) groups is 2. The minimum atomic E-state index is -0.501. The van der Waals surface area contributed by atoms with Crippen molar-refractivity contribution in [1.82, 2.24) is 9.80 Å². The fraction of sp³-hybridized carbons (Fsp3) is 0.579. The summed E-state index contributed by atoms with van der Waals surface area (Å²) in [6, 6.07) is 5.84. The lowest BCUT2D eigenvalue weighted by Crippen LogP contribution is -2.58. The number of ether oxygens (including phenoxy) is 1. The Hall–Kier alpha value is -1.31. The molecule has 2 amide bonds. The zero-order chi connectivity index (χ0) is 18.4. The second-order valence-corrected chi connectivity index (χ2v) is 9.16. The normalized spacial score (nSPS) is 19.1. The van der Waals surface area contributed by atoms with Gasteiger partial charge in [0.15, 0.2) is 0 Å². The molecule has 0 radical (unpaired) electrons. The third-order valence-corrected chi connectivity index (χ3v) is 6.04. The van der Waals surface area contributed by atoms with Crippen molar-refractivity contribution in [2.75, 3.05) is 19.6 Å². The number of rotatable bonds is 1. The summed E-state index contributed by atoms with van der Waals surface area (Å²) in [6.07, 6.45) is 1.61. The second kappa shape index (κ2) is 6.45. The SMILES string of the molecule is Cc1c(I)cccc1C(=O)N1CCN(C(=O)OC(C)(C)C)CC12CC2. The Labute approximate surface area is 162 Å². The van der Waals surface area contributed by atoms with Gasteiger partial charge in [-0.25, -0.2) is 4.79 Å². The summed E-state index contributed by atoms with van der Waals surface area (Å²) in [7, 11) is 0. The highest BCUT2D eigenvalue weighted by atomic mass is 127. The molecule has 0 atom stereocenters. The van der Waals surface area contributed by atoms with Crippen molar-refractivity contribution in [3.63, 3.8) is 0 Å². The van der Waals surface area contributed by atoms with Gasteiger partial charge in [0.05, 0.1) is 5.54 Å². The molecule has 2 fully saturated rings. The third kappa shape index (κ3) is 3.78. The monoisotopic (exact) mass is 456 g/mol. The van der Waals surface area contributed by atoms with E-state index in [4.69, 9.17) is 4.74 Å². The van der Waals surface area contributed by atoms with E-state index < -0.39 is 5.60 Å². The largest absolute Gasteiger partial charge is 0.444 e. The summed E-state index contributed by atoms with van der Waals surface area (Å²) in [5, 5.41) is 0. The number of nitrogens with zero attached hydrogens (tertiary/aromatic N) is 2. The van der Waals surface area contributed by atoms with Crippen molar-refractivity contribution in [3.8, 4) is 0 Å². The Morgan fingerprint density at radius 3 is 2.48 bits per heavy atom. The molecular weight excluding hydrogens is 431 g/mol. The van der Waals surface area contributed by atoms with Gasteiger partial charge in [-0.2, -0.15) is 0 Å². The van der Waals surface area contributed by atoms with Crippen molar-refractivity contribution in [1.29, 1.82) is 0 Å². The van der Waals surface area contributed by atoms with Gasteiger partial charge in [-0.1, -0.05) is 6.07 Å². The predicted molar refractivity (Wildman–Crippen MR) is 105 cm³/mol. The van der Waals surface area contributed by atoms with Crippen LogP contribution >= 0.6 is 22.6 Å². The van der Waals surface area contributed by atoms with Crippen molar-refractivity contribution in [3.05, 3.63) is 32.9 Å². The molecule has 1 saturated carbocycles. The van der Waals surface area contributed by atoms with Crippen LogP contribution in [-0.4, -0.2) is 52.6 Å². The first-order valence-corrected chi connectivity index (χ1v) is 9.76. The molecule has 1 aromatic rings. The van der Waals surface area contributed by atoms with Crippen molar-refractivity contribution in [2.24, 2.45) is 0 Å². The highest BCUT2D eigenvalue weighted by Crippen LogP contribution is 2.45. The van der Waals surface area contributed by atoms with Gasteiger partial charge in [-0.05, 0) is 80.8 Å². The molecule has 25 heavy (non-hydrogen) atoms. The lowest BCUT2D eigenvalue weighted by molar-refractivity contribution is 0.000611. The molecule has 3 rings (SSSR count). The van der Waals surface area contributed by atoms with Gasteiger partial charge < -0.3 is 14.5 Å². The number of hydrogen-bond donors (Lipinski definition) is 0. The number of halogens is 1. The number of piperazine rings is 1. The van der Waals surface area contributed by atoms with Gasteiger partial charge in [0, 0.05) is 28.8 Å². The van der Waals surface area contributed by atoms with Gasteiger partial charge in [0.2, 0.25) is 0 Å². The highest BCUT2D eigenvalue weighted by Gasteiger charge is 2.54. The van der Waals surface area contributed by atoms with Crippen LogP contribution in [0.1, 0.15) is 49.5 Å². The Morgan fingerprint density at radius 1 is 1.20 bits per heavy atom. The van der Waals surface area contributed by atoms with E-state index in [1.807, 2.05) is 50.8 Å². The number of hydrogen-bond acceptors (Lipinski definition) is 3. The fourth-order valence-electron chi connectivity index (χ4n) is 3.33. The molecule has 0 bridgehead atoms. The maximum absolute atomic E-state index is 13.1. The zero-order valence-corrected chi connectivity index (χ0v) is 17.4. The van der Waals surface area contributed by atoms with Crippen molar-refractivity contribution in [2.45, 2.75) is 51.7 Å². The summed E-state index contributed by atoms with van der Waals surface area (Å²) in [6.45, 7) is 9.25. The van der Waals surface area contributed by atoms with Crippen LogP contribution in [0.15, 0.2) is 18.2 Å². The molecular formula is C19H25IN2O3. The minimum absolute atomic E-state index is 0.0809. The van der Waals surface area contributed by atoms with Crippen LogP contribution < -0.4 is 0 Å². The van der Waals surface area contributed by atoms with E-state index in [2.05, 4.69) is 22.6 Å². The van der Waals surface area contributed by atoms with Gasteiger partial charge in [0.25, 0.3) is 5.91 Å². The number of benzene rings is 1. The van der Waals surface area contributed by atoms with E-state index in [0.29, 0.717) is 19.6 Å². The smallest absolute Gasteiger partial charge is 0.410 e. The van der Waals surface area contributed by atoms with Crippen LogP contribution in [-0.2, 0) is 4.74 Å². The van der Waals surface area contributed by atoms with Crippen LogP contribution in [0.2, 0.25) is 0 Å². The molecule has 5 nitrogen and oxygen atoms in total. The Kier molecular flexibility index (Phi) is 4.77. The number of carbonyl (C=O) groups excluding carboxylic acids is 2. The van der Waals surface area contributed by atoms with Gasteiger partial charge >= 0.3 is 6.09 Å². The van der Waals surface area contributed by atoms with E-state index in [1.165, 1.54) is 0 Å². The molecule has 0 aromatic heterocycles. The van der Waals surface area contributed by atoms with Crippen LogP contribution in [0.25, 0.3) is 0 Å². The maximum Gasteiger partial charge on any atom is 0.410 e. The molecule has 1 aliphatic heterocycles. The average molecular weight is 456 g/mol. The lowest BCUT2D eigenvalue weighted by atomic mass is 10.0. The van der Waals surface area contributed by atoms with E-state index >= 15 is 0 Å². The summed E-state index contributed by atoms with van der Waals surface area (Å²) < 4.78 is 6.59. The first kappa shape index (κ1) is 18.5. The molecule has 0 unspecified atom stereocenters. The third-order valence-electron chi connectivity index (χ3n) is 4.87. The molecule has 1 aromatic carbocycles. The van der Waals surface area contributed by atoms with Gasteiger partial charge in [-0.3, -0.25) is 4.79 Å². The van der Waals surface area contributed by atoms with Crippen LogP contribution in [0.5, 0.6) is 0 Å². The molecule has 1 saturated heterocycles. The molecule has 2 aliphatic rings. The summed E-state index contributed by atoms with van der Waals surface area (Å²) in [4.78, 5) is 29.2. The average Bonchev–Trinajstić information content (AvgIpc) is 3.27. The molecule has 0 N–H and O–H groups in total. The Bertz CT molecular complexity index is 707. The van der Waals surface area contributed by atoms with E-state index in [1.54, 1.807) is 4.90 Å². The maximum atomic E-state index is 13.1. The molecule has 1 heterocycles. The Balaban J connectivity index is 1.75. The molecule has 1 aliphatic carbocycles. The van der Waals surface area contributed by atoms with Crippen LogP contribution in [0.4, 0.5) is 4.79 Å². The lowest BCUT2D eigenvalue weighted by Gasteiger charge is -2.42. The fourth-order valence-corrected chi connectivity index (χ4v) is 3.83. The predicted octanol–water partition coefficient (Wildman–Crippen LogP) is 3.83. The summed E-state index contributed by atoms with van der Waals surface area (Å²) >= 11 is 2.26. The molecule has 136 valence electrons. The second-order valence-electron chi connectivity index (χ2n) is 8.00. The molecule has 1 spiro atoms. The summed E-state index contributed by atoms with van der Waals surface area (Å²) in [5.41, 5.74) is 1.08. The van der Waals surface area contributed by atoms with Crippen molar-refractivity contribution >= 4 is 34.6 Å². The van der Waals surface area contributed by atoms with Gasteiger partial charge in [0.1, 0.15) is 5.60 Å². The first-order chi connectivity index (χ1) is 11.6. The van der Waals surface area contributed by atoms with E-state index in [9.17, 15) is 9.59 Å².